The summed E-state index contributed by atoms with van der Waals surface area (Å²) < 4.78 is 20.9. The number of rotatable bonds is 14. The van der Waals surface area contributed by atoms with Crippen LogP contribution in [0, 0.1) is 5.82 Å². The average molecular weight is 607 g/mol. The molecule has 0 saturated heterocycles. The van der Waals surface area contributed by atoms with Crippen molar-refractivity contribution in [2.75, 3.05) is 0 Å². The Balaban J connectivity index is 2.22. The van der Waals surface area contributed by atoms with Crippen molar-refractivity contribution in [1.29, 1.82) is 0 Å². The molecule has 0 radical (unpaired) electrons. The first kappa shape index (κ1) is 29.5. The minimum absolute atomic E-state index is 0.226. The fourth-order valence-corrected chi connectivity index (χ4v) is 19.2. The molecule has 1 heterocycles. The zero-order valence-corrected chi connectivity index (χ0v) is 26.4. The zero-order valence-electron chi connectivity index (χ0n) is 23.6. The summed E-state index contributed by atoms with van der Waals surface area (Å²) >= 11 is -2.52. The molecule has 1 aromatic heterocycles. The van der Waals surface area contributed by atoms with Gasteiger partial charge in [0.05, 0.1) is 0 Å². The monoisotopic (exact) mass is 608 g/mol. The first-order valence-electron chi connectivity index (χ1n) is 14.4. The molecule has 37 heavy (non-hydrogen) atoms. The van der Waals surface area contributed by atoms with Gasteiger partial charge in [-0.15, -0.1) is 0 Å². The SMILES string of the molecule is CCC[CH2][Sn]([CH]=Cc1c(-c2ccc(F)cc2)nc(-c2ccccc2)nc1C(C)C)([CH2]CCC)[CH2]CCC. The normalized spacial score (nSPS) is 12.1. The van der Waals surface area contributed by atoms with Gasteiger partial charge in [0.25, 0.3) is 0 Å². The standard InChI is InChI=1S/C21H18FN2.3C4H9.Sn/c1-4-18-19(14(2)3)23-21(16-8-6-5-7-9-16)24-20(18)15-10-12-17(22)13-11-15;3*1-3-4-2;/h1,4-14H,2-3H3;3*1,3-4H2,2H3;. The van der Waals surface area contributed by atoms with E-state index >= 15 is 0 Å². The molecule has 0 aliphatic heterocycles. The second-order valence-electron chi connectivity index (χ2n) is 10.7. The number of halogens is 1. The molecule has 0 aliphatic rings. The van der Waals surface area contributed by atoms with Gasteiger partial charge in [0, 0.05) is 0 Å². The average Bonchev–Trinajstić information content (AvgIpc) is 2.92. The molecule has 0 atom stereocenters. The molecular formula is C33H45FN2Sn. The van der Waals surface area contributed by atoms with E-state index in [2.05, 4.69) is 56.9 Å². The van der Waals surface area contributed by atoms with Crippen LogP contribution in [-0.4, -0.2) is 28.3 Å². The summed E-state index contributed by atoms with van der Waals surface area (Å²) in [7, 11) is 0. The maximum atomic E-state index is 13.9. The number of hydrogen-bond acceptors (Lipinski definition) is 2. The third-order valence-corrected chi connectivity index (χ3v) is 21.4. The van der Waals surface area contributed by atoms with Crippen molar-refractivity contribution in [3.63, 3.8) is 0 Å². The quantitative estimate of drug-likeness (QED) is 0.171. The van der Waals surface area contributed by atoms with E-state index in [0.29, 0.717) is 0 Å². The molecule has 0 fully saturated rings. The van der Waals surface area contributed by atoms with Crippen LogP contribution in [0.25, 0.3) is 28.7 Å². The van der Waals surface area contributed by atoms with Crippen LogP contribution >= 0.6 is 0 Å². The predicted octanol–water partition coefficient (Wildman–Crippen LogP) is 10.5. The van der Waals surface area contributed by atoms with Crippen molar-refractivity contribution < 1.29 is 4.39 Å². The first-order chi connectivity index (χ1) is 17.9. The van der Waals surface area contributed by atoms with Gasteiger partial charge in [-0.25, -0.2) is 0 Å². The number of hydrogen-bond donors (Lipinski definition) is 0. The Kier molecular flexibility index (Phi) is 11.8. The van der Waals surface area contributed by atoms with Crippen molar-refractivity contribution in [3.05, 3.63) is 75.8 Å². The van der Waals surface area contributed by atoms with Gasteiger partial charge in [-0.1, -0.05) is 0 Å². The molecule has 4 heteroatoms. The van der Waals surface area contributed by atoms with E-state index in [1.165, 1.54) is 64.0 Å². The van der Waals surface area contributed by atoms with Gasteiger partial charge in [-0.05, 0) is 0 Å². The predicted molar refractivity (Wildman–Crippen MR) is 161 cm³/mol. The molecule has 0 N–H and O–H groups in total. The Morgan fingerprint density at radius 1 is 0.757 bits per heavy atom. The van der Waals surface area contributed by atoms with E-state index in [0.717, 1.165) is 33.9 Å². The van der Waals surface area contributed by atoms with Crippen molar-refractivity contribution in [1.82, 2.24) is 9.97 Å². The second kappa shape index (κ2) is 14.8. The van der Waals surface area contributed by atoms with Gasteiger partial charge in [0.2, 0.25) is 0 Å². The van der Waals surface area contributed by atoms with Crippen molar-refractivity contribution in [2.45, 2.75) is 92.4 Å². The molecule has 0 unspecified atom stereocenters. The fraction of sp³-hybridized carbons (Fsp3) is 0.455. The van der Waals surface area contributed by atoms with Gasteiger partial charge < -0.3 is 0 Å². The number of nitrogens with zero attached hydrogens (tertiary/aromatic N) is 2. The van der Waals surface area contributed by atoms with E-state index in [1.807, 2.05) is 30.3 Å². The summed E-state index contributed by atoms with van der Waals surface area (Å²) in [5, 5.41) is 0. The van der Waals surface area contributed by atoms with E-state index < -0.39 is 18.4 Å². The van der Waals surface area contributed by atoms with Gasteiger partial charge in [0.15, 0.2) is 0 Å². The van der Waals surface area contributed by atoms with Crippen LogP contribution in [-0.2, 0) is 0 Å². The summed E-state index contributed by atoms with van der Waals surface area (Å²) in [6, 6.07) is 17.0. The Morgan fingerprint density at radius 3 is 1.84 bits per heavy atom. The van der Waals surface area contributed by atoms with Crippen LogP contribution in [0.1, 0.15) is 90.3 Å². The molecule has 3 rings (SSSR count). The van der Waals surface area contributed by atoms with Crippen molar-refractivity contribution in [2.24, 2.45) is 0 Å². The molecule has 198 valence electrons. The Labute approximate surface area is 228 Å². The fourth-order valence-electron chi connectivity index (χ4n) is 5.11. The maximum absolute atomic E-state index is 13.9. The van der Waals surface area contributed by atoms with Crippen LogP contribution in [0.5, 0.6) is 0 Å². The van der Waals surface area contributed by atoms with E-state index in [4.69, 9.17) is 9.97 Å². The number of unbranched alkanes of at least 4 members (excludes halogenated alkanes) is 3. The van der Waals surface area contributed by atoms with Crippen molar-refractivity contribution in [3.8, 4) is 22.6 Å². The summed E-state index contributed by atoms with van der Waals surface area (Å²) in [5.41, 5.74) is 5.05. The third-order valence-electron chi connectivity index (χ3n) is 7.36. The number of aromatic nitrogens is 2. The Hall–Kier alpha value is -2.01. The molecule has 3 aromatic rings. The van der Waals surface area contributed by atoms with E-state index in [1.54, 1.807) is 0 Å². The van der Waals surface area contributed by atoms with E-state index in [9.17, 15) is 4.39 Å². The van der Waals surface area contributed by atoms with Crippen LogP contribution in [0.3, 0.4) is 0 Å². The van der Waals surface area contributed by atoms with Crippen LogP contribution in [0.4, 0.5) is 4.39 Å². The van der Waals surface area contributed by atoms with Crippen molar-refractivity contribution >= 4 is 24.5 Å². The van der Waals surface area contributed by atoms with Gasteiger partial charge in [-0.3, -0.25) is 0 Å². The topological polar surface area (TPSA) is 25.8 Å². The second-order valence-corrected chi connectivity index (χ2v) is 23.7. The first-order valence-corrected chi connectivity index (χ1v) is 22.1. The molecule has 0 amide bonds. The molecule has 0 bridgehead atoms. The number of benzene rings is 2. The molecule has 0 saturated carbocycles. The molecule has 2 nitrogen and oxygen atoms in total. The third kappa shape index (κ3) is 8.23. The van der Waals surface area contributed by atoms with Gasteiger partial charge in [0.1, 0.15) is 0 Å². The Morgan fingerprint density at radius 2 is 1.32 bits per heavy atom. The Bertz CT molecular complexity index is 1100. The van der Waals surface area contributed by atoms with Crippen LogP contribution < -0.4 is 0 Å². The summed E-state index contributed by atoms with van der Waals surface area (Å²) in [6.07, 6.45) is 10.2. The molecule has 0 aliphatic carbocycles. The summed E-state index contributed by atoms with van der Waals surface area (Å²) in [5.74, 6) is 0.755. The summed E-state index contributed by atoms with van der Waals surface area (Å²) in [4.78, 5) is 10.2. The van der Waals surface area contributed by atoms with E-state index in [-0.39, 0.29) is 11.7 Å². The van der Waals surface area contributed by atoms with Gasteiger partial charge in [-0.2, -0.15) is 0 Å². The molecule has 2 aromatic carbocycles. The molecular weight excluding hydrogens is 562 g/mol. The zero-order chi connectivity index (χ0) is 26.7. The summed E-state index contributed by atoms with van der Waals surface area (Å²) in [6.45, 7) is 11.4. The minimum atomic E-state index is -2.52. The van der Waals surface area contributed by atoms with Crippen LogP contribution in [0.15, 0.2) is 58.7 Å². The van der Waals surface area contributed by atoms with Crippen LogP contribution in [0.2, 0.25) is 13.3 Å². The molecule has 0 spiro atoms. The van der Waals surface area contributed by atoms with Gasteiger partial charge >= 0.3 is 230 Å².